The largest absolute Gasteiger partial charge is 0.466 e. The van der Waals surface area contributed by atoms with E-state index >= 15 is 0 Å². The number of ether oxygens (including phenoxy) is 2. The van der Waals surface area contributed by atoms with Gasteiger partial charge in [0.25, 0.3) is 5.91 Å². The summed E-state index contributed by atoms with van der Waals surface area (Å²) in [5.74, 6) is -0.144. The lowest BCUT2D eigenvalue weighted by atomic mass is 9.89. The number of hydrogen-bond donors (Lipinski definition) is 0. The van der Waals surface area contributed by atoms with Gasteiger partial charge in [0.05, 0.1) is 23.9 Å². The maximum atomic E-state index is 12.7. The van der Waals surface area contributed by atoms with E-state index in [9.17, 15) is 9.59 Å². The van der Waals surface area contributed by atoms with E-state index in [1.165, 1.54) is 0 Å². The molecule has 2 fully saturated rings. The number of likely N-dealkylation sites (tertiary alicyclic amines) is 1. The van der Waals surface area contributed by atoms with Crippen LogP contribution in [0.15, 0.2) is 24.5 Å². The second-order valence-electron chi connectivity index (χ2n) is 6.88. The van der Waals surface area contributed by atoms with Crippen molar-refractivity contribution in [2.75, 3.05) is 19.7 Å². The number of hydrogen-bond acceptors (Lipinski definition) is 5. The van der Waals surface area contributed by atoms with Gasteiger partial charge in [0.15, 0.2) is 0 Å². The van der Waals surface area contributed by atoms with Crippen LogP contribution in [0.25, 0.3) is 0 Å². The number of rotatable bonds is 5. The summed E-state index contributed by atoms with van der Waals surface area (Å²) in [6, 6.07) is 3.58. The summed E-state index contributed by atoms with van der Waals surface area (Å²) >= 11 is 0. The van der Waals surface area contributed by atoms with Crippen LogP contribution in [0.2, 0.25) is 0 Å². The number of esters is 1. The van der Waals surface area contributed by atoms with E-state index in [0.29, 0.717) is 31.6 Å². The Labute approximate surface area is 148 Å². The van der Waals surface area contributed by atoms with Crippen LogP contribution in [0.3, 0.4) is 0 Å². The highest BCUT2D eigenvalue weighted by atomic mass is 16.5. The highest BCUT2D eigenvalue weighted by molar-refractivity contribution is 5.94. The van der Waals surface area contributed by atoms with Crippen LogP contribution in [0, 0.1) is 0 Å². The minimum absolute atomic E-state index is 0.0192. The zero-order chi connectivity index (χ0) is 17.7. The molecule has 1 spiro atoms. The lowest BCUT2D eigenvalue weighted by molar-refractivity contribution is -0.144. The number of piperidine rings is 1. The molecule has 1 aromatic heterocycles. The van der Waals surface area contributed by atoms with Gasteiger partial charge in [-0.1, -0.05) is 0 Å². The molecule has 1 aromatic rings. The number of amides is 1. The first-order valence-corrected chi connectivity index (χ1v) is 9.15. The van der Waals surface area contributed by atoms with Crippen LogP contribution >= 0.6 is 0 Å². The normalized spacial score (nSPS) is 26.0. The molecule has 3 rings (SSSR count). The van der Waals surface area contributed by atoms with Gasteiger partial charge in [-0.15, -0.1) is 0 Å². The monoisotopic (exact) mass is 346 g/mol. The standard InChI is InChI=1S/C19H26N2O4/c1-2-24-17(22)7-6-16-8-10-19(25-16)9-4-12-21(14-19)18(23)15-5-3-11-20-13-15/h3,5,11,13,16H,2,4,6-10,12,14H2,1H3/t16-,19+/m1/s1. The van der Waals surface area contributed by atoms with Crippen LogP contribution in [0.5, 0.6) is 0 Å². The second kappa shape index (κ2) is 7.95. The first kappa shape index (κ1) is 17.9. The van der Waals surface area contributed by atoms with Crippen molar-refractivity contribution in [3.63, 3.8) is 0 Å². The number of aromatic nitrogens is 1. The molecule has 2 atom stereocenters. The van der Waals surface area contributed by atoms with Crippen molar-refractivity contribution in [2.45, 2.75) is 57.2 Å². The summed E-state index contributed by atoms with van der Waals surface area (Å²) in [5, 5.41) is 0. The molecule has 6 heteroatoms. The average Bonchev–Trinajstić information content (AvgIpc) is 3.02. The molecule has 0 unspecified atom stereocenters. The van der Waals surface area contributed by atoms with Gasteiger partial charge in [-0.05, 0) is 51.2 Å². The second-order valence-corrected chi connectivity index (χ2v) is 6.88. The maximum absolute atomic E-state index is 12.7. The predicted molar refractivity (Wildman–Crippen MR) is 92.1 cm³/mol. The summed E-state index contributed by atoms with van der Waals surface area (Å²) in [6.07, 6.45) is 8.24. The molecular formula is C19H26N2O4. The van der Waals surface area contributed by atoms with Crippen molar-refractivity contribution < 1.29 is 19.1 Å². The van der Waals surface area contributed by atoms with E-state index in [1.54, 1.807) is 24.5 Å². The van der Waals surface area contributed by atoms with E-state index in [4.69, 9.17) is 9.47 Å². The molecule has 0 aliphatic carbocycles. The van der Waals surface area contributed by atoms with Crippen molar-refractivity contribution in [3.8, 4) is 0 Å². The van der Waals surface area contributed by atoms with Gasteiger partial charge in [-0.2, -0.15) is 0 Å². The highest BCUT2D eigenvalue weighted by Gasteiger charge is 2.44. The number of nitrogens with zero attached hydrogens (tertiary/aromatic N) is 2. The van der Waals surface area contributed by atoms with Gasteiger partial charge in [0.1, 0.15) is 0 Å². The quantitative estimate of drug-likeness (QED) is 0.767. The minimum atomic E-state index is -0.255. The Kier molecular flexibility index (Phi) is 5.68. The van der Waals surface area contributed by atoms with Crippen LogP contribution < -0.4 is 0 Å². The third-order valence-corrected chi connectivity index (χ3v) is 5.05. The zero-order valence-corrected chi connectivity index (χ0v) is 14.8. The van der Waals surface area contributed by atoms with Gasteiger partial charge >= 0.3 is 5.97 Å². The van der Waals surface area contributed by atoms with Crippen LogP contribution in [0.4, 0.5) is 0 Å². The summed E-state index contributed by atoms with van der Waals surface area (Å²) in [6.45, 7) is 3.61. The van der Waals surface area contributed by atoms with Crippen molar-refractivity contribution >= 4 is 11.9 Å². The molecular weight excluding hydrogens is 320 g/mol. The molecule has 2 saturated heterocycles. The molecule has 0 saturated carbocycles. The van der Waals surface area contributed by atoms with Gasteiger partial charge in [0.2, 0.25) is 0 Å². The first-order chi connectivity index (χ1) is 12.1. The molecule has 25 heavy (non-hydrogen) atoms. The zero-order valence-electron chi connectivity index (χ0n) is 14.8. The number of carbonyl (C=O) groups excluding carboxylic acids is 2. The van der Waals surface area contributed by atoms with E-state index in [2.05, 4.69) is 4.98 Å². The van der Waals surface area contributed by atoms with Crippen molar-refractivity contribution in [2.24, 2.45) is 0 Å². The Morgan fingerprint density at radius 3 is 3.08 bits per heavy atom. The summed E-state index contributed by atoms with van der Waals surface area (Å²) in [7, 11) is 0. The van der Waals surface area contributed by atoms with E-state index < -0.39 is 0 Å². The van der Waals surface area contributed by atoms with E-state index in [-0.39, 0.29) is 23.6 Å². The predicted octanol–water partition coefficient (Wildman–Crippen LogP) is 2.58. The fraction of sp³-hybridized carbons (Fsp3) is 0.632. The third kappa shape index (κ3) is 4.37. The summed E-state index contributed by atoms with van der Waals surface area (Å²) in [5.41, 5.74) is 0.367. The van der Waals surface area contributed by atoms with Crippen molar-refractivity contribution in [1.82, 2.24) is 9.88 Å². The molecule has 3 heterocycles. The molecule has 0 bridgehead atoms. The van der Waals surface area contributed by atoms with Crippen molar-refractivity contribution in [1.29, 1.82) is 0 Å². The number of carbonyl (C=O) groups is 2. The topological polar surface area (TPSA) is 68.7 Å². The Bertz CT molecular complexity index is 607. The number of pyridine rings is 1. The molecule has 0 radical (unpaired) electrons. The van der Waals surface area contributed by atoms with Gasteiger partial charge < -0.3 is 14.4 Å². The van der Waals surface area contributed by atoms with E-state index in [1.807, 2.05) is 11.8 Å². The smallest absolute Gasteiger partial charge is 0.305 e. The minimum Gasteiger partial charge on any atom is -0.466 e. The Hall–Kier alpha value is -1.95. The van der Waals surface area contributed by atoms with Gasteiger partial charge in [0, 0.05) is 31.9 Å². The van der Waals surface area contributed by atoms with Gasteiger partial charge in [-0.3, -0.25) is 14.6 Å². The SMILES string of the molecule is CCOC(=O)CC[C@@H]1CC[C@]2(CCCN(C(=O)c3cccnc3)C2)O1. The molecule has 0 N–H and O–H groups in total. The van der Waals surface area contributed by atoms with E-state index in [0.717, 1.165) is 32.2 Å². The third-order valence-electron chi connectivity index (χ3n) is 5.05. The van der Waals surface area contributed by atoms with Crippen molar-refractivity contribution in [3.05, 3.63) is 30.1 Å². The molecule has 2 aliphatic heterocycles. The highest BCUT2D eigenvalue weighted by Crippen LogP contribution is 2.39. The van der Waals surface area contributed by atoms with Gasteiger partial charge in [-0.25, -0.2) is 0 Å². The summed E-state index contributed by atoms with van der Waals surface area (Å²) in [4.78, 5) is 30.1. The summed E-state index contributed by atoms with van der Waals surface area (Å²) < 4.78 is 11.3. The molecule has 1 amide bonds. The van der Waals surface area contributed by atoms with Crippen LogP contribution in [-0.4, -0.2) is 53.2 Å². The lowest BCUT2D eigenvalue weighted by Crippen LogP contribution is -2.50. The Morgan fingerprint density at radius 2 is 2.32 bits per heavy atom. The Balaban J connectivity index is 1.56. The average molecular weight is 346 g/mol. The molecule has 2 aliphatic rings. The lowest BCUT2D eigenvalue weighted by Gasteiger charge is -2.40. The molecule has 0 aromatic carbocycles. The molecule has 6 nitrogen and oxygen atoms in total. The first-order valence-electron chi connectivity index (χ1n) is 9.15. The molecule has 136 valence electrons. The van der Waals surface area contributed by atoms with Crippen LogP contribution in [-0.2, 0) is 14.3 Å². The Morgan fingerprint density at radius 1 is 1.44 bits per heavy atom. The maximum Gasteiger partial charge on any atom is 0.305 e. The van der Waals surface area contributed by atoms with Crippen LogP contribution in [0.1, 0.15) is 55.8 Å². The fourth-order valence-corrected chi connectivity index (χ4v) is 3.85. The fourth-order valence-electron chi connectivity index (χ4n) is 3.85.